The van der Waals surface area contributed by atoms with Gasteiger partial charge < -0.3 is 9.80 Å². The molecule has 0 bridgehead atoms. The molecule has 0 aliphatic carbocycles. The zero-order valence-electron chi connectivity index (χ0n) is 19.4. The van der Waals surface area contributed by atoms with Crippen LogP contribution in [0, 0.1) is 5.41 Å². The number of aliphatic imine (C=N–C) groups is 1. The van der Waals surface area contributed by atoms with E-state index in [0.717, 1.165) is 5.57 Å². The van der Waals surface area contributed by atoms with Gasteiger partial charge in [0.15, 0.2) is 0 Å². The van der Waals surface area contributed by atoms with Gasteiger partial charge in [0.1, 0.15) is 5.67 Å². The highest BCUT2D eigenvalue weighted by Gasteiger charge is 2.38. The topological polar surface area (TPSA) is 18.8 Å². The summed E-state index contributed by atoms with van der Waals surface area (Å²) in [6.45, 7) is 19.9. The van der Waals surface area contributed by atoms with Crippen LogP contribution in [0.1, 0.15) is 47.5 Å². The SMILES string of the molecule is C=C(C)/C=C\C(=NC)C(C)(C)F.C=CC.CCC1(CCN(C)C)CN(C)C1. The second kappa shape index (κ2) is 13.8. The Morgan fingerprint density at radius 3 is 2.04 bits per heavy atom. The molecule has 4 heteroatoms. The van der Waals surface area contributed by atoms with Gasteiger partial charge in [-0.15, -0.1) is 6.58 Å². The van der Waals surface area contributed by atoms with Crippen LogP contribution in [-0.4, -0.2) is 69.0 Å². The summed E-state index contributed by atoms with van der Waals surface area (Å²) < 4.78 is 13.3. The second-order valence-electron chi connectivity index (χ2n) is 8.25. The van der Waals surface area contributed by atoms with Gasteiger partial charge in [-0.05, 0) is 79.7 Å². The van der Waals surface area contributed by atoms with E-state index in [9.17, 15) is 4.39 Å². The second-order valence-corrected chi connectivity index (χ2v) is 8.25. The Hall–Kier alpha value is -1.26. The summed E-state index contributed by atoms with van der Waals surface area (Å²) in [5.41, 5.74) is 0.602. The molecule has 0 atom stereocenters. The van der Waals surface area contributed by atoms with E-state index in [-0.39, 0.29) is 0 Å². The largest absolute Gasteiger partial charge is 0.309 e. The molecule has 0 amide bonds. The quantitative estimate of drug-likeness (QED) is 0.333. The lowest BCUT2D eigenvalue weighted by molar-refractivity contribution is 0.00605. The van der Waals surface area contributed by atoms with E-state index in [4.69, 9.17) is 0 Å². The van der Waals surface area contributed by atoms with E-state index < -0.39 is 5.67 Å². The summed E-state index contributed by atoms with van der Waals surface area (Å²) in [7, 11) is 8.11. The zero-order valence-corrected chi connectivity index (χ0v) is 19.4. The average molecular weight is 382 g/mol. The van der Waals surface area contributed by atoms with E-state index in [1.54, 1.807) is 25.3 Å². The molecule has 1 fully saturated rings. The lowest BCUT2D eigenvalue weighted by Crippen LogP contribution is -2.54. The van der Waals surface area contributed by atoms with E-state index in [0.29, 0.717) is 11.1 Å². The summed E-state index contributed by atoms with van der Waals surface area (Å²) in [6, 6.07) is 0. The summed E-state index contributed by atoms with van der Waals surface area (Å²) >= 11 is 0. The standard InChI is InChI=1S/C10H16FN.C10H22N2.C3H6/c1-8(2)6-7-9(12-5)10(3,4)11;1-5-10(6-7-11(2)3)8-12(4)9-10;1-3-2/h6-7H,1H2,2-5H3;5-9H2,1-4H3;3H,1H2,2H3/b7-6-,12-9?;;. The summed E-state index contributed by atoms with van der Waals surface area (Å²) in [5, 5.41) is 0. The van der Waals surface area contributed by atoms with E-state index in [1.165, 1.54) is 46.3 Å². The molecule has 0 radical (unpaired) electrons. The van der Waals surface area contributed by atoms with Gasteiger partial charge in [-0.3, -0.25) is 4.99 Å². The molecule has 0 N–H and O–H groups in total. The lowest BCUT2D eigenvalue weighted by atomic mass is 9.75. The molecular formula is C23H44FN3. The molecule has 0 aromatic carbocycles. The first-order valence-electron chi connectivity index (χ1n) is 9.77. The van der Waals surface area contributed by atoms with Crippen molar-refractivity contribution in [3.8, 4) is 0 Å². The number of rotatable bonds is 7. The van der Waals surface area contributed by atoms with Crippen molar-refractivity contribution in [1.29, 1.82) is 0 Å². The maximum atomic E-state index is 13.3. The maximum Gasteiger partial charge on any atom is 0.146 e. The van der Waals surface area contributed by atoms with Crippen molar-refractivity contribution < 1.29 is 4.39 Å². The Bertz CT molecular complexity index is 478. The molecule has 1 saturated heterocycles. The molecule has 1 heterocycles. The molecule has 1 aliphatic heterocycles. The first-order chi connectivity index (χ1) is 12.4. The number of nitrogens with zero attached hydrogens (tertiary/aromatic N) is 3. The fourth-order valence-electron chi connectivity index (χ4n) is 2.88. The van der Waals surface area contributed by atoms with Gasteiger partial charge in [0, 0.05) is 20.1 Å². The summed E-state index contributed by atoms with van der Waals surface area (Å²) in [6.07, 6.45) is 7.86. The van der Waals surface area contributed by atoms with Gasteiger partial charge in [-0.1, -0.05) is 31.2 Å². The predicted molar refractivity (Wildman–Crippen MR) is 122 cm³/mol. The van der Waals surface area contributed by atoms with Crippen molar-refractivity contribution in [3.05, 3.63) is 37.0 Å². The van der Waals surface area contributed by atoms with Crippen LogP contribution < -0.4 is 0 Å². The Morgan fingerprint density at radius 2 is 1.78 bits per heavy atom. The van der Waals surface area contributed by atoms with Crippen LogP contribution in [0.5, 0.6) is 0 Å². The molecule has 1 rings (SSSR count). The van der Waals surface area contributed by atoms with Crippen LogP contribution in [0.25, 0.3) is 0 Å². The summed E-state index contributed by atoms with van der Waals surface area (Å²) in [4.78, 5) is 8.55. The number of hydrogen-bond donors (Lipinski definition) is 0. The third-order valence-electron chi connectivity index (χ3n) is 4.43. The Kier molecular flexibility index (Phi) is 14.3. The number of allylic oxidation sites excluding steroid dienone is 4. The van der Waals surface area contributed by atoms with Crippen LogP contribution in [0.15, 0.2) is 42.0 Å². The smallest absolute Gasteiger partial charge is 0.146 e. The molecule has 3 nitrogen and oxygen atoms in total. The number of halogens is 1. The monoisotopic (exact) mass is 381 g/mol. The minimum Gasteiger partial charge on any atom is -0.309 e. The summed E-state index contributed by atoms with van der Waals surface area (Å²) in [5.74, 6) is 0. The van der Waals surface area contributed by atoms with Gasteiger partial charge >= 0.3 is 0 Å². The maximum absolute atomic E-state index is 13.3. The third kappa shape index (κ3) is 13.5. The Balaban J connectivity index is 0. The van der Waals surface area contributed by atoms with Crippen molar-refractivity contribution in [2.75, 3.05) is 47.8 Å². The molecule has 0 aromatic heterocycles. The molecule has 1 aliphatic rings. The van der Waals surface area contributed by atoms with Gasteiger partial charge in [-0.2, -0.15) is 0 Å². The van der Waals surface area contributed by atoms with Crippen LogP contribution >= 0.6 is 0 Å². The number of alkyl halides is 1. The van der Waals surface area contributed by atoms with Crippen LogP contribution in [-0.2, 0) is 0 Å². The van der Waals surface area contributed by atoms with Crippen molar-refractivity contribution in [2.45, 2.75) is 53.1 Å². The van der Waals surface area contributed by atoms with Gasteiger partial charge in [0.2, 0.25) is 0 Å². The van der Waals surface area contributed by atoms with Gasteiger partial charge in [0.25, 0.3) is 0 Å². The predicted octanol–water partition coefficient (Wildman–Crippen LogP) is 5.41. The molecule has 158 valence electrons. The first-order valence-corrected chi connectivity index (χ1v) is 9.77. The van der Waals surface area contributed by atoms with Crippen molar-refractivity contribution in [1.82, 2.24) is 9.80 Å². The average Bonchev–Trinajstić information content (AvgIpc) is 2.50. The lowest BCUT2D eigenvalue weighted by Gasteiger charge is -2.49. The minimum atomic E-state index is -1.37. The Morgan fingerprint density at radius 1 is 1.30 bits per heavy atom. The van der Waals surface area contributed by atoms with Gasteiger partial charge in [0.05, 0.1) is 5.71 Å². The van der Waals surface area contributed by atoms with Crippen molar-refractivity contribution in [3.63, 3.8) is 0 Å². The number of likely N-dealkylation sites (tertiary alicyclic amines) is 1. The van der Waals surface area contributed by atoms with Crippen LogP contribution in [0.4, 0.5) is 4.39 Å². The van der Waals surface area contributed by atoms with E-state index >= 15 is 0 Å². The first kappa shape index (κ1) is 28.0. The van der Waals surface area contributed by atoms with E-state index in [2.05, 4.69) is 56.0 Å². The third-order valence-corrected chi connectivity index (χ3v) is 4.43. The number of hydrogen-bond acceptors (Lipinski definition) is 3. The fourth-order valence-corrected chi connectivity index (χ4v) is 2.88. The molecule has 0 saturated carbocycles. The molecule has 0 unspecified atom stereocenters. The van der Waals surface area contributed by atoms with Crippen LogP contribution in [0.3, 0.4) is 0 Å². The van der Waals surface area contributed by atoms with Gasteiger partial charge in [-0.25, -0.2) is 4.39 Å². The zero-order chi connectivity index (χ0) is 21.7. The Labute approximate surface area is 168 Å². The highest BCUT2D eigenvalue weighted by atomic mass is 19.1. The van der Waals surface area contributed by atoms with Crippen LogP contribution in [0.2, 0.25) is 0 Å². The molecule has 0 aromatic rings. The van der Waals surface area contributed by atoms with E-state index in [1.807, 2.05) is 13.8 Å². The fraction of sp³-hybridized carbons (Fsp3) is 0.696. The highest BCUT2D eigenvalue weighted by molar-refractivity contribution is 6.01. The highest BCUT2D eigenvalue weighted by Crippen LogP contribution is 2.35. The molecule has 27 heavy (non-hydrogen) atoms. The minimum absolute atomic E-state index is 0.436. The normalized spacial score (nSPS) is 16.8. The molecular weight excluding hydrogens is 337 g/mol. The van der Waals surface area contributed by atoms with Crippen molar-refractivity contribution in [2.24, 2.45) is 10.4 Å². The molecule has 0 spiro atoms. The van der Waals surface area contributed by atoms with Crippen molar-refractivity contribution >= 4 is 5.71 Å².